The third kappa shape index (κ3) is 2.25. The quantitative estimate of drug-likeness (QED) is 0.505. The Morgan fingerprint density at radius 3 is 2.83 bits per heavy atom. The zero-order chi connectivity index (χ0) is 8.81. The van der Waals surface area contributed by atoms with Crippen LogP contribution in [0.2, 0.25) is 0 Å². The van der Waals surface area contributed by atoms with Crippen LogP contribution < -0.4 is 0 Å². The molecule has 0 saturated carbocycles. The standard InChI is InChI=1S/C11H9Br/c1-2-10-6-3-4-7-11(10)8-5-9-12/h2-4,6-7H,1,9H2. The van der Waals surface area contributed by atoms with Gasteiger partial charge in [0.25, 0.3) is 0 Å². The number of benzene rings is 1. The number of rotatable bonds is 1. The SMILES string of the molecule is C=Cc1ccccc1C#CCBr. The number of hydrogen-bond acceptors (Lipinski definition) is 0. The molecule has 0 aromatic heterocycles. The molecule has 60 valence electrons. The minimum atomic E-state index is 0.707. The molecule has 0 unspecified atom stereocenters. The summed E-state index contributed by atoms with van der Waals surface area (Å²) in [5.74, 6) is 6.00. The van der Waals surface area contributed by atoms with Gasteiger partial charge in [0.05, 0.1) is 5.33 Å². The predicted molar refractivity (Wildman–Crippen MR) is 57.2 cm³/mol. The van der Waals surface area contributed by atoms with E-state index in [1.54, 1.807) is 0 Å². The maximum absolute atomic E-state index is 3.72. The van der Waals surface area contributed by atoms with Crippen molar-refractivity contribution in [2.45, 2.75) is 0 Å². The van der Waals surface area contributed by atoms with E-state index in [0.29, 0.717) is 5.33 Å². The Labute approximate surface area is 81.4 Å². The van der Waals surface area contributed by atoms with Gasteiger partial charge in [-0.2, -0.15) is 0 Å². The van der Waals surface area contributed by atoms with Gasteiger partial charge in [0.1, 0.15) is 0 Å². The highest BCUT2D eigenvalue weighted by Crippen LogP contribution is 2.07. The summed E-state index contributed by atoms with van der Waals surface area (Å²) in [5.41, 5.74) is 2.12. The van der Waals surface area contributed by atoms with E-state index in [1.807, 2.05) is 30.3 Å². The number of halogens is 1. The maximum Gasteiger partial charge on any atom is 0.0649 e. The Morgan fingerprint density at radius 1 is 1.42 bits per heavy atom. The summed E-state index contributed by atoms with van der Waals surface area (Å²) in [7, 11) is 0. The molecule has 0 nitrogen and oxygen atoms in total. The monoisotopic (exact) mass is 220 g/mol. The van der Waals surface area contributed by atoms with Crippen molar-refractivity contribution in [1.29, 1.82) is 0 Å². The molecule has 1 aromatic carbocycles. The Bertz CT molecular complexity index is 328. The van der Waals surface area contributed by atoms with Crippen LogP contribution >= 0.6 is 15.9 Å². The van der Waals surface area contributed by atoms with Crippen LogP contribution in [0.4, 0.5) is 0 Å². The van der Waals surface area contributed by atoms with Gasteiger partial charge in [-0.15, -0.1) is 0 Å². The van der Waals surface area contributed by atoms with Crippen LogP contribution in [0.25, 0.3) is 6.08 Å². The highest BCUT2D eigenvalue weighted by Gasteiger charge is 1.91. The Kier molecular flexibility index (Phi) is 3.63. The lowest BCUT2D eigenvalue weighted by molar-refractivity contribution is 1.60. The highest BCUT2D eigenvalue weighted by atomic mass is 79.9. The van der Waals surface area contributed by atoms with Crippen LogP contribution in [-0.4, -0.2) is 5.33 Å². The lowest BCUT2D eigenvalue weighted by Gasteiger charge is -1.95. The van der Waals surface area contributed by atoms with E-state index in [-0.39, 0.29) is 0 Å². The fourth-order valence-electron chi connectivity index (χ4n) is 0.917. The molecule has 1 aromatic rings. The van der Waals surface area contributed by atoms with Crippen LogP contribution in [-0.2, 0) is 0 Å². The van der Waals surface area contributed by atoms with E-state index in [0.717, 1.165) is 11.1 Å². The first-order valence-corrected chi connectivity index (χ1v) is 4.77. The fourth-order valence-corrected chi connectivity index (χ4v) is 1.06. The smallest absolute Gasteiger partial charge is 0.0649 e. The van der Waals surface area contributed by atoms with Crippen molar-refractivity contribution in [2.75, 3.05) is 5.33 Å². The van der Waals surface area contributed by atoms with Gasteiger partial charge in [-0.3, -0.25) is 0 Å². The van der Waals surface area contributed by atoms with Crippen molar-refractivity contribution in [2.24, 2.45) is 0 Å². The molecule has 0 aliphatic carbocycles. The second-order valence-electron chi connectivity index (χ2n) is 2.23. The van der Waals surface area contributed by atoms with Gasteiger partial charge in [-0.05, 0) is 11.6 Å². The summed E-state index contributed by atoms with van der Waals surface area (Å²) in [6.07, 6.45) is 1.82. The first-order chi connectivity index (χ1) is 5.88. The Balaban J connectivity index is 3.05. The van der Waals surface area contributed by atoms with Gasteiger partial charge in [0.15, 0.2) is 0 Å². The first kappa shape index (κ1) is 9.09. The normalized spacial score (nSPS) is 8.42. The van der Waals surface area contributed by atoms with Crippen LogP contribution in [0.15, 0.2) is 30.8 Å². The molecule has 0 spiro atoms. The topological polar surface area (TPSA) is 0 Å². The minimum Gasteiger partial charge on any atom is -0.0984 e. The van der Waals surface area contributed by atoms with Crippen LogP contribution in [0, 0.1) is 11.8 Å². The summed E-state index contributed by atoms with van der Waals surface area (Å²) >= 11 is 3.25. The zero-order valence-electron chi connectivity index (χ0n) is 6.68. The van der Waals surface area contributed by atoms with Gasteiger partial charge >= 0.3 is 0 Å². The van der Waals surface area contributed by atoms with E-state index < -0.39 is 0 Å². The van der Waals surface area contributed by atoms with Gasteiger partial charge in [-0.25, -0.2) is 0 Å². The van der Waals surface area contributed by atoms with E-state index in [9.17, 15) is 0 Å². The molecule has 12 heavy (non-hydrogen) atoms. The summed E-state index contributed by atoms with van der Waals surface area (Å²) < 4.78 is 0. The molecular formula is C11H9Br. The molecule has 0 aliphatic rings. The average Bonchev–Trinajstić information content (AvgIpc) is 2.15. The number of hydrogen-bond donors (Lipinski definition) is 0. The highest BCUT2D eigenvalue weighted by molar-refractivity contribution is 9.09. The molecule has 0 N–H and O–H groups in total. The van der Waals surface area contributed by atoms with Crippen LogP contribution in [0.3, 0.4) is 0 Å². The maximum atomic E-state index is 3.72. The molecule has 0 atom stereocenters. The molecule has 0 amide bonds. The van der Waals surface area contributed by atoms with Crippen molar-refractivity contribution < 1.29 is 0 Å². The largest absolute Gasteiger partial charge is 0.0984 e. The van der Waals surface area contributed by atoms with Crippen molar-refractivity contribution >= 4 is 22.0 Å². The lowest BCUT2D eigenvalue weighted by Crippen LogP contribution is -1.79. The summed E-state index contributed by atoms with van der Waals surface area (Å²) in [6.45, 7) is 3.72. The average molecular weight is 221 g/mol. The van der Waals surface area contributed by atoms with Crippen LogP contribution in [0.1, 0.15) is 11.1 Å². The molecule has 0 bridgehead atoms. The Morgan fingerprint density at radius 2 is 2.17 bits per heavy atom. The first-order valence-electron chi connectivity index (χ1n) is 3.65. The molecule has 1 rings (SSSR count). The van der Waals surface area contributed by atoms with E-state index in [4.69, 9.17) is 0 Å². The van der Waals surface area contributed by atoms with Crippen molar-refractivity contribution in [3.63, 3.8) is 0 Å². The minimum absolute atomic E-state index is 0.707. The lowest BCUT2D eigenvalue weighted by atomic mass is 10.1. The van der Waals surface area contributed by atoms with Gasteiger partial charge < -0.3 is 0 Å². The zero-order valence-corrected chi connectivity index (χ0v) is 8.26. The van der Waals surface area contributed by atoms with Crippen molar-refractivity contribution in [1.82, 2.24) is 0 Å². The second kappa shape index (κ2) is 4.79. The van der Waals surface area contributed by atoms with E-state index in [1.165, 1.54) is 0 Å². The summed E-state index contributed by atoms with van der Waals surface area (Å²) in [6, 6.07) is 7.96. The molecule has 0 saturated heterocycles. The van der Waals surface area contributed by atoms with Gasteiger partial charge in [0, 0.05) is 5.56 Å². The molecule has 0 aliphatic heterocycles. The van der Waals surface area contributed by atoms with Gasteiger partial charge in [-0.1, -0.05) is 58.6 Å². The predicted octanol–water partition coefficient (Wildman–Crippen LogP) is 3.08. The molecule has 1 heteroatoms. The third-order valence-corrected chi connectivity index (χ3v) is 1.75. The summed E-state index contributed by atoms with van der Waals surface area (Å²) in [5, 5.41) is 0.707. The molecule has 0 heterocycles. The molecule has 0 radical (unpaired) electrons. The fraction of sp³-hybridized carbons (Fsp3) is 0.0909. The molecule has 0 fully saturated rings. The third-order valence-electron chi connectivity index (χ3n) is 1.47. The summed E-state index contributed by atoms with van der Waals surface area (Å²) in [4.78, 5) is 0. The van der Waals surface area contributed by atoms with Gasteiger partial charge in [0.2, 0.25) is 0 Å². The van der Waals surface area contributed by atoms with Crippen molar-refractivity contribution in [3.05, 3.63) is 42.0 Å². The number of alkyl halides is 1. The van der Waals surface area contributed by atoms with E-state index in [2.05, 4.69) is 34.3 Å². The molecular weight excluding hydrogens is 212 g/mol. The van der Waals surface area contributed by atoms with E-state index >= 15 is 0 Å². The second-order valence-corrected chi connectivity index (χ2v) is 2.79. The Hall–Kier alpha value is -1.00. The van der Waals surface area contributed by atoms with Crippen molar-refractivity contribution in [3.8, 4) is 11.8 Å². The van der Waals surface area contributed by atoms with Crippen LogP contribution in [0.5, 0.6) is 0 Å².